The summed E-state index contributed by atoms with van der Waals surface area (Å²) in [5.41, 5.74) is 1.11. The molecule has 0 saturated carbocycles. The number of thioether (sulfide) groups is 1. The zero-order valence-corrected chi connectivity index (χ0v) is 13.2. The van der Waals surface area contributed by atoms with Crippen LogP contribution in [0.4, 0.5) is 5.69 Å². The molecule has 0 spiro atoms. The van der Waals surface area contributed by atoms with E-state index in [0.29, 0.717) is 13.3 Å². The fourth-order valence-corrected chi connectivity index (χ4v) is 3.97. The molecule has 2 aliphatic heterocycles. The lowest BCUT2D eigenvalue weighted by Crippen LogP contribution is -2.45. The lowest BCUT2D eigenvalue weighted by molar-refractivity contribution is -0.126. The third kappa shape index (κ3) is 2.16. The topological polar surface area (TPSA) is 35.9 Å². The standard InChI is InChI=1S/C17H17N3OS/c1-2-15-16(21)20-11-19(10-18-17(20)22-15)14-8-7-12-5-3-4-6-13(12)9-14/h3-9,15H,2,10-11H2,1H3/t15-/m0/s1. The molecule has 2 heterocycles. The molecule has 1 fully saturated rings. The second kappa shape index (κ2) is 5.32. The number of amidine groups is 1. The molecule has 0 N–H and O–H groups in total. The van der Waals surface area contributed by atoms with Gasteiger partial charge in [-0.05, 0) is 29.3 Å². The Morgan fingerprint density at radius 3 is 2.86 bits per heavy atom. The number of anilines is 1. The third-order valence-corrected chi connectivity index (χ3v) is 5.56. The van der Waals surface area contributed by atoms with E-state index in [1.807, 2.05) is 17.0 Å². The van der Waals surface area contributed by atoms with Crippen LogP contribution < -0.4 is 4.90 Å². The van der Waals surface area contributed by atoms with Gasteiger partial charge in [0.25, 0.3) is 0 Å². The zero-order valence-electron chi connectivity index (χ0n) is 12.4. The summed E-state index contributed by atoms with van der Waals surface area (Å²) in [6.45, 7) is 3.26. The summed E-state index contributed by atoms with van der Waals surface area (Å²) in [5.74, 6) is 0.191. The predicted octanol–water partition coefficient (Wildman–Crippen LogP) is 3.28. The van der Waals surface area contributed by atoms with Gasteiger partial charge in [-0.25, -0.2) is 4.99 Å². The quantitative estimate of drug-likeness (QED) is 0.854. The van der Waals surface area contributed by atoms with Gasteiger partial charge >= 0.3 is 0 Å². The van der Waals surface area contributed by atoms with Crippen LogP contribution in [0.5, 0.6) is 0 Å². The highest BCUT2D eigenvalue weighted by Gasteiger charge is 2.39. The number of rotatable bonds is 2. The molecule has 1 saturated heterocycles. The Labute approximate surface area is 133 Å². The molecule has 2 aliphatic rings. The number of hydrogen-bond acceptors (Lipinski definition) is 4. The van der Waals surface area contributed by atoms with Crippen molar-refractivity contribution in [2.75, 3.05) is 18.2 Å². The van der Waals surface area contributed by atoms with Gasteiger partial charge in [-0.15, -0.1) is 0 Å². The number of aliphatic imine (C=N–C) groups is 1. The molecule has 0 bridgehead atoms. The molecule has 22 heavy (non-hydrogen) atoms. The van der Waals surface area contributed by atoms with Crippen LogP contribution in [-0.2, 0) is 4.79 Å². The molecule has 1 atom stereocenters. The monoisotopic (exact) mass is 311 g/mol. The fraction of sp³-hybridized carbons (Fsp3) is 0.294. The Morgan fingerprint density at radius 1 is 1.23 bits per heavy atom. The lowest BCUT2D eigenvalue weighted by atomic mass is 10.1. The van der Waals surface area contributed by atoms with E-state index in [2.05, 4.69) is 47.1 Å². The Balaban J connectivity index is 1.63. The van der Waals surface area contributed by atoms with Crippen molar-refractivity contribution in [3.8, 4) is 0 Å². The van der Waals surface area contributed by atoms with Crippen LogP contribution in [0.25, 0.3) is 10.8 Å². The van der Waals surface area contributed by atoms with Crippen LogP contribution in [0.15, 0.2) is 47.5 Å². The molecule has 4 rings (SSSR count). The van der Waals surface area contributed by atoms with Crippen LogP contribution in [0.2, 0.25) is 0 Å². The maximum Gasteiger partial charge on any atom is 0.243 e. The third-order valence-electron chi connectivity index (χ3n) is 4.18. The minimum Gasteiger partial charge on any atom is -0.334 e. The summed E-state index contributed by atoms with van der Waals surface area (Å²) >= 11 is 1.60. The predicted molar refractivity (Wildman–Crippen MR) is 92.1 cm³/mol. The first-order valence-electron chi connectivity index (χ1n) is 7.52. The number of nitrogens with zero attached hydrogens (tertiary/aromatic N) is 3. The van der Waals surface area contributed by atoms with E-state index in [4.69, 9.17) is 0 Å². The summed E-state index contributed by atoms with van der Waals surface area (Å²) in [6.07, 6.45) is 0.856. The number of carbonyl (C=O) groups is 1. The van der Waals surface area contributed by atoms with Crippen molar-refractivity contribution in [3.63, 3.8) is 0 Å². The number of benzene rings is 2. The Hall–Kier alpha value is -2.01. The number of amides is 1. The molecule has 0 aliphatic carbocycles. The second-order valence-corrected chi connectivity index (χ2v) is 6.75. The lowest BCUT2D eigenvalue weighted by Gasteiger charge is -2.32. The van der Waals surface area contributed by atoms with Crippen LogP contribution in [0, 0.1) is 0 Å². The van der Waals surface area contributed by atoms with E-state index in [-0.39, 0.29) is 11.2 Å². The first-order chi connectivity index (χ1) is 10.8. The Kier molecular flexibility index (Phi) is 3.30. The number of carbonyl (C=O) groups excluding carboxylic acids is 1. The van der Waals surface area contributed by atoms with E-state index >= 15 is 0 Å². The number of fused-ring (bicyclic) bond motifs is 2. The maximum absolute atomic E-state index is 12.4. The van der Waals surface area contributed by atoms with Crippen molar-refractivity contribution in [2.24, 2.45) is 4.99 Å². The van der Waals surface area contributed by atoms with Crippen LogP contribution in [0.1, 0.15) is 13.3 Å². The molecule has 1 amide bonds. The van der Waals surface area contributed by atoms with Crippen LogP contribution >= 0.6 is 11.8 Å². The summed E-state index contributed by atoms with van der Waals surface area (Å²) in [6, 6.07) is 14.7. The highest BCUT2D eigenvalue weighted by molar-refractivity contribution is 8.15. The second-order valence-electron chi connectivity index (χ2n) is 5.58. The van der Waals surface area contributed by atoms with Gasteiger partial charge in [-0.2, -0.15) is 0 Å². The van der Waals surface area contributed by atoms with Crippen molar-refractivity contribution >= 4 is 39.3 Å². The summed E-state index contributed by atoms with van der Waals surface area (Å²) in [4.78, 5) is 20.9. The minimum atomic E-state index is 0.0373. The van der Waals surface area contributed by atoms with Gasteiger partial charge < -0.3 is 4.90 Å². The first kappa shape index (κ1) is 13.6. The maximum atomic E-state index is 12.4. The Morgan fingerprint density at radius 2 is 2.05 bits per heavy atom. The number of hydrogen-bond donors (Lipinski definition) is 0. The fourth-order valence-electron chi connectivity index (χ4n) is 2.92. The van der Waals surface area contributed by atoms with Gasteiger partial charge in [-0.3, -0.25) is 9.69 Å². The van der Waals surface area contributed by atoms with E-state index in [0.717, 1.165) is 17.3 Å². The van der Waals surface area contributed by atoms with Crippen molar-refractivity contribution in [1.82, 2.24) is 4.90 Å². The van der Waals surface area contributed by atoms with Gasteiger partial charge in [0, 0.05) is 5.69 Å². The molecule has 5 heteroatoms. The van der Waals surface area contributed by atoms with Gasteiger partial charge in [0.15, 0.2) is 5.17 Å². The van der Waals surface area contributed by atoms with Gasteiger partial charge in [0.1, 0.15) is 13.3 Å². The van der Waals surface area contributed by atoms with Gasteiger partial charge in [0.05, 0.1) is 5.25 Å². The molecule has 112 valence electrons. The minimum absolute atomic E-state index is 0.0373. The average molecular weight is 311 g/mol. The van der Waals surface area contributed by atoms with Gasteiger partial charge in [0.2, 0.25) is 5.91 Å². The van der Waals surface area contributed by atoms with Crippen molar-refractivity contribution in [1.29, 1.82) is 0 Å². The molecule has 0 unspecified atom stereocenters. The van der Waals surface area contributed by atoms with Crippen molar-refractivity contribution < 1.29 is 4.79 Å². The van der Waals surface area contributed by atoms with E-state index in [1.54, 1.807) is 11.8 Å². The first-order valence-corrected chi connectivity index (χ1v) is 8.40. The van der Waals surface area contributed by atoms with Crippen molar-refractivity contribution in [2.45, 2.75) is 18.6 Å². The molecule has 2 aromatic rings. The van der Waals surface area contributed by atoms with E-state index in [9.17, 15) is 4.79 Å². The average Bonchev–Trinajstić information content (AvgIpc) is 2.90. The summed E-state index contributed by atoms with van der Waals surface area (Å²) in [7, 11) is 0. The normalized spacial score (nSPS) is 21.2. The van der Waals surface area contributed by atoms with Gasteiger partial charge in [-0.1, -0.05) is 49.0 Å². The van der Waals surface area contributed by atoms with Crippen LogP contribution in [-0.4, -0.2) is 34.6 Å². The molecular weight excluding hydrogens is 294 g/mol. The molecule has 0 radical (unpaired) electrons. The SMILES string of the molecule is CC[C@@H]1SC2=NCN(c3ccc4ccccc4c3)CN2C1=O. The zero-order chi connectivity index (χ0) is 15.1. The summed E-state index contributed by atoms with van der Waals surface area (Å²) in [5, 5.41) is 3.36. The Bertz CT molecular complexity index is 773. The highest BCUT2D eigenvalue weighted by Crippen LogP contribution is 2.33. The van der Waals surface area contributed by atoms with Crippen LogP contribution in [0.3, 0.4) is 0 Å². The van der Waals surface area contributed by atoms with E-state index in [1.165, 1.54) is 10.8 Å². The molecule has 4 nitrogen and oxygen atoms in total. The van der Waals surface area contributed by atoms with E-state index < -0.39 is 0 Å². The molecular formula is C17H17N3OS. The largest absolute Gasteiger partial charge is 0.334 e. The molecule has 2 aromatic carbocycles. The highest BCUT2D eigenvalue weighted by atomic mass is 32.2. The molecule has 0 aromatic heterocycles. The van der Waals surface area contributed by atoms with Crippen molar-refractivity contribution in [3.05, 3.63) is 42.5 Å². The summed E-state index contributed by atoms with van der Waals surface area (Å²) < 4.78 is 0. The smallest absolute Gasteiger partial charge is 0.243 e.